The van der Waals surface area contributed by atoms with E-state index in [9.17, 15) is 0 Å². The number of halogens is 1. The van der Waals surface area contributed by atoms with Gasteiger partial charge in [-0.2, -0.15) is 12.6 Å². The van der Waals surface area contributed by atoms with Crippen LogP contribution in [0.4, 0.5) is 5.69 Å². The van der Waals surface area contributed by atoms with Gasteiger partial charge in [-0.25, -0.2) is 0 Å². The fourth-order valence-electron chi connectivity index (χ4n) is 1.05. The van der Waals surface area contributed by atoms with E-state index < -0.39 is 0 Å². The predicted octanol–water partition coefficient (Wildman–Crippen LogP) is 2.96. The van der Waals surface area contributed by atoms with Crippen molar-refractivity contribution < 1.29 is 4.74 Å². The first kappa shape index (κ1) is 10.5. The first-order chi connectivity index (χ1) is 6.19. The number of nitrogens with one attached hydrogen (secondary N) is 1. The van der Waals surface area contributed by atoms with Crippen molar-refractivity contribution in [3.05, 3.63) is 22.7 Å². The van der Waals surface area contributed by atoms with Gasteiger partial charge in [0.1, 0.15) is 5.75 Å². The Kier molecular flexibility index (Phi) is 3.75. The second kappa shape index (κ2) is 4.63. The molecule has 72 valence electrons. The average molecular weight is 218 g/mol. The maximum Gasteiger partial charge on any atom is 0.142 e. The fraction of sp³-hybridized carbons (Fsp3) is 0.333. The van der Waals surface area contributed by atoms with Crippen LogP contribution in [-0.2, 0) is 0 Å². The van der Waals surface area contributed by atoms with Crippen LogP contribution in [0.1, 0.15) is 5.56 Å². The highest BCUT2D eigenvalue weighted by molar-refractivity contribution is 7.80. The lowest BCUT2D eigenvalue weighted by molar-refractivity contribution is 0.416. The van der Waals surface area contributed by atoms with Gasteiger partial charge in [-0.15, -0.1) is 0 Å². The minimum absolute atomic E-state index is 0.551. The van der Waals surface area contributed by atoms with E-state index in [1.165, 1.54) is 0 Å². The van der Waals surface area contributed by atoms with E-state index in [2.05, 4.69) is 17.9 Å². The van der Waals surface area contributed by atoms with Crippen molar-refractivity contribution >= 4 is 29.9 Å². The third kappa shape index (κ3) is 2.45. The normalized spacial score (nSPS) is 9.85. The lowest BCUT2D eigenvalue weighted by Crippen LogP contribution is -1.98. The SMILES string of the molecule is COc1cc(C)c(Cl)cc1NCS. The molecule has 1 aromatic carbocycles. The number of rotatable bonds is 3. The molecule has 0 aliphatic rings. The maximum absolute atomic E-state index is 5.96. The van der Waals surface area contributed by atoms with E-state index >= 15 is 0 Å². The van der Waals surface area contributed by atoms with Crippen LogP contribution in [0.2, 0.25) is 5.02 Å². The fourth-order valence-corrected chi connectivity index (χ4v) is 1.38. The number of hydrogen-bond donors (Lipinski definition) is 2. The lowest BCUT2D eigenvalue weighted by Gasteiger charge is -2.11. The van der Waals surface area contributed by atoms with Crippen LogP contribution in [0.25, 0.3) is 0 Å². The van der Waals surface area contributed by atoms with Crippen molar-refractivity contribution in [3.8, 4) is 5.75 Å². The number of benzene rings is 1. The van der Waals surface area contributed by atoms with E-state index in [4.69, 9.17) is 16.3 Å². The van der Waals surface area contributed by atoms with Crippen molar-refractivity contribution in [1.82, 2.24) is 0 Å². The van der Waals surface area contributed by atoms with Gasteiger partial charge in [0.2, 0.25) is 0 Å². The molecule has 0 saturated heterocycles. The quantitative estimate of drug-likeness (QED) is 0.600. The largest absolute Gasteiger partial charge is 0.495 e. The van der Waals surface area contributed by atoms with E-state index in [0.717, 1.165) is 22.0 Å². The van der Waals surface area contributed by atoms with Gasteiger partial charge in [-0.05, 0) is 24.6 Å². The third-order valence-corrected chi connectivity index (χ3v) is 2.32. The van der Waals surface area contributed by atoms with Crippen LogP contribution in [-0.4, -0.2) is 13.0 Å². The second-order valence-corrected chi connectivity index (χ2v) is 3.36. The zero-order valence-electron chi connectivity index (χ0n) is 7.60. The molecule has 4 heteroatoms. The Balaban J connectivity index is 3.09. The topological polar surface area (TPSA) is 21.3 Å². The molecule has 0 heterocycles. The smallest absolute Gasteiger partial charge is 0.142 e. The van der Waals surface area contributed by atoms with Crippen LogP contribution in [0, 0.1) is 6.92 Å². The number of thiol groups is 1. The summed E-state index contributed by atoms with van der Waals surface area (Å²) in [4.78, 5) is 0. The summed E-state index contributed by atoms with van der Waals surface area (Å²) in [6, 6.07) is 3.74. The van der Waals surface area contributed by atoms with Crippen molar-refractivity contribution in [3.63, 3.8) is 0 Å². The Labute approximate surface area is 88.6 Å². The van der Waals surface area contributed by atoms with Gasteiger partial charge >= 0.3 is 0 Å². The Morgan fingerprint density at radius 1 is 1.54 bits per heavy atom. The number of hydrogen-bond acceptors (Lipinski definition) is 3. The van der Waals surface area contributed by atoms with Crippen molar-refractivity contribution in [2.45, 2.75) is 6.92 Å². The number of aryl methyl sites for hydroxylation is 1. The summed E-state index contributed by atoms with van der Waals surface area (Å²) in [5, 5.41) is 3.78. The molecule has 0 aliphatic heterocycles. The highest BCUT2D eigenvalue weighted by atomic mass is 35.5. The van der Waals surface area contributed by atoms with Gasteiger partial charge in [-0.1, -0.05) is 11.6 Å². The second-order valence-electron chi connectivity index (χ2n) is 2.64. The van der Waals surface area contributed by atoms with Gasteiger partial charge in [0, 0.05) is 5.02 Å². The highest BCUT2D eigenvalue weighted by Gasteiger charge is 2.05. The standard InChI is InChI=1S/C9H12ClNOS/c1-6-3-9(12-2)8(11-5-13)4-7(6)10/h3-4,11,13H,5H2,1-2H3. The summed E-state index contributed by atoms with van der Waals surface area (Å²) in [5.74, 6) is 1.34. The van der Waals surface area contributed by atoms with E-state index in [1.54, 1.807) is 7.11 Å². The molecule has 0 fully saturated rings. The molecule has 0 aromatic heterocycles. The van der Waals surface area contributed by atoms with Gasteiger partial charge in [0.05, 0.1) is 18.7 Å². The molecule has 0 saturated carbocycles. The zero-order valence-corrected chi connectivity index (χ0v) is 9.25. The Morgan fingerprint density at radius 3 is 2.77 bits per heavy atom. The molecule has 0 unspecified atom stereocenters. The third-order valence-electron chi connectivity index (χ3n) is 1.75. The number of ether oxygens (including phenoxy) is 1. The van der Waals surface area contributed by atoms with Crippen LogP contribution >= 0.6 is 24.2 Å². The van der Waals surface area contributed by atoms with Gasteiger partial charge in [-0.3, -0.25) is 0 Å². The molecular formula is C9H12ClNOS. The molecule has 2 nitrogen and oxygen atoms in total. The lowest BCUT2D eigenvalue weighted by atomic mass is 10.2. The average Bonchev–Trinajstić information content (AvgIpc) is 2.11. The summed E-state index contributed by atoms with van der Waals surface area (Å²) >= 11 is 10.0. The van der Waals surface area contributed by atoms with E-state index in [-0.39, 0.29) is 0 Å². The van der Waals surface area contributed by atoms with E-state index in [1.807, 2.05) is 19.1 Å². The first-order valence-corrected chi connectivity index (χ1v) is 4.89. The summed E-state index contributed by atoms with van der Waals surface area (Å²) < 4.78 is 5.18. The van der Waals surface area contributed by atoms with Crippen LogP contribution in [0.15, 0.2) is 12.1 Å². The molecule has 1 N–H and O–H groups in total. The van der Waals surface area contributed by atoms with Crippen LogP contribution in [0.5, 0.6) is 5.75 Å². The van der Waals surface area contributed by atoms with Crippen LogP contribution in [0.3, 0.4) is 0 Å². The highest BCUT2D eigenvalue weighted by Crippen LogP contribution is 2.30. The number of anilines is 1. The molecule has 1 rings (SSSR count). The zero-order chi connectivity index (χ0) is 9.84. The predicted molar refractivity (Wildman–Crippen MR) is 60.2 cm³/mol. The molecule has 0 atom stereocenters. The minimum atomic E-state index is 0.551. The molecule has 0 bridgehead atoms. The Morgan fingerprint density at radius 2 is 2.23 bits per heavy atom. The molecule has 0 aliphatic carbocycles. The number of methoxy groups -OCH3 is 1. The molecule has 13 heavy (non-hydrogen) atoms. The molecule has 0 amide bonds. The molecule has 0 spiro atoms. The Bertz CT molecular complexity index is 304. The minimum Gasteiger partial charge on any atom is -0.495 e. The van der Waals surface area contributed by atoms with Crippen LogP contribution < -0.4 is 10.1 Å². The monoisotopic (exact) mass is 217 g/mol. The van der Waals surface area contributed by atoms with Gasteiger partial charge in [0.15, 0.2) is 0 Å². The van der Waals surface area contributed by atoms with Gasteiger partial charge < -0.3 is 10.1 Å². The molecular weight excluding hydrogens is 206 g/mol. The summed E-state index contributed by atoms with van der Waals surface area (Å²) in [6.07, 6.45) is 0. The van der Waals surface area contributed by atoms with Crippen molar-refractivity contribution in [1.29, 1.82) is 0 Å². The summed E-state index contributed by atoms with van der Waals surface area (Å²) in [5.41, 5.74) is 1.87. The van der Waals surface area contributed by atoms with Crippen molar-refractivity contribution in [2.24, 2.45) is 0 Å². The van der Waals surface area contributed by atoms with Gasteiger partial charge in [0.25, 0.3) is 0 Å². The van der Waals surface area contributed by atoms with E-state index in [0.29, 0.717) is 5.88 Å². The first-order valence-electron chi connectivity index (χ1n) is 3.88. The molecule has 1 aromatic rings. The summed E-state index contributed by atoms with van der Waals surface area (Å²) in [7, 11) is 1.63. The molecule has 0 radical (unpaired) electrons. The maximum atomic E-state index is 5.96. The Hall–Kier alpha value is -0.540. The summed E-state index contributed by atoms with van der Waals surface area (Å²) in [6.45, 7) is 1.94. The van der Waals surface area contributed by atoms with Crippen molar-refractivity contribution in [2.75, 3.05) is 18.3 Å².